The number of benzene rings is 2. The van der Waals surface area contributed by atoms with Gasteiger partial charge in [-0.3, -0.25) is 5.32 Å². The molecule has 1 saturated carbocycles. The maximum Gasteiger partial charge on any atom is 0.416 e. The number of anilines is 1. The standard InChI is InChI=1S/C20H21F2NO3/c1-12-3-8-18(13(2)9-12)25-11-16-10-15(14-4-5-14)6-7-17(16)23-20(24)26-19(21)22/h3,6-10,14,19H,4-5,11H2,1-2H3,(H,23,24). The van der Waals surface area contributed by atoms with E-state index < -0.39 is 12.7 Å². The van der Waals surface area contributed by atoms with Gasteiger partial charge in [-0.1, -0.05) is 29.8 Å². The second-order valence-electron chi connectivity index (χ2n) is 6.54. The normalized spacial score (nSPS) is 13.6. The third-order valence-corrected chi connectivity index (χ3v) is 4.32. The Balaban J connectivity index is 1.78. The van der Waals surface area contributed by atoms with Crippen LogP contribution in [-0.2, 0) is 11.3 Å². The minimum Gasteiger partial charge on any atom is -0.489 e. The number of carbonyl (C=O) groups is 1. The van der Waals surface area contributed by atoms with Crippen LogP contribution in [0.2, 0.25) is 0 Å². The van der Waals surface area contributed by atoms with Crippen molar-refractivity contribution in [2.45, 2.75) is 45.8 Å². The van der Waals surface area contributed by atoms with E-state index in [0.29, 0.717) is 11.6 Å². The van der Waals surface area contributed by atoms with E-state index in [2.05, 4.69) is 10.1 Å². The molecule has 2 aromatic carbocycles. The van der Waals surface area contributed by atoms with Gasteiger partial charge in [0, 0.05) is 5.56 Å². The molecule has 0 aliphatic heterocycles. The zero-order valence-corrected chi connectivity index (χ0v) is 14.7. The molecule has 0 heterocycles. The van der Waals surface area contributed by atoms with Crippen LogP contribution in [-0.4, -0.2) is 12.7 Å². The van der Waals surface area contributed by atoms with Crippen LogP contribution in [0, 0.1) is 13.8 Å². The van der Waals surface area contributed by atoms with Gasteiger partial charge in [0.05, 0.1) is 5.69 Å². The Kier molecular flexibility index (Phi) is 5.40. The first-order valence-corrected chi connectivity index (χ1v) is 8.51. The molecule has 1 aliphatic rings. The van der Waals surface area contributed by atoms with Crippen molar-refractivity contribution in [2.24, 2.45) is 0 Å². The molecule has 26 heavy (non-hydrogen) atoms. The van der Waals surface area contributed by atoms with Crippen molar-refractivity contribution in [3.05, 3.63) is 58.7 Å². The molecule has 1 fully saturated rings. The maximum absolute atomic E-state index is 12.2. The molecule has 0 radical (unpaired) electrons. The molecule has 6 heteroatoms. The van der Waals surface area contributed by atoms with Crippen molar-refractivity contribution in [3.8, 4) is 5.75 Å². The summed E-state index contributed by atoms with van der Waals surface area (Å²) in [4.78, 5) is 11.5. The first-order valence-electron chi connectivity index (χ1n) is 8.51. The van der Waals surface area contributed by atoms with Crippen LogP contribution >= 0.6 is 0 Å². The van der Waals surface area contributed by atoms with Gasteiger partial charge in [0.15, 0.2) is 0 Å². The summed E-state index contributed by atoms with van der Waals surface area (Å²) >= 11 is 0. The SMILES string of the molecule is Cc1ccc(OCc2cc(C3CC3)ccc2NC(=O)OC(F)F)c(C)c1. The van der Waals surface area contributed by atoms with Gasteiger partial charge < -0.3 is 9.47 Å². The third kappa shape index (κ3) is 4.71. The summed E-state index contributed by atoms with van der Waals surface area (Å²) < 4.78 is 34.2. The highest BCUT2D eigenvalue weighted by Crippen LogP contribution is 2.41. The average molecular weight is 361 g/mol. The van der Waals surface area contributed by atoms with Crippen LogP contribution in [0.25, 0.3) is 0 Å². The Morgan fingerprint density at radius 1 is 1.19 bits per heavy atom. The Bertz CT molecular complexity index is 804. The summed E-state index contributed by atoms with van der Waals surface area (Å²) in [5.41, 5.74) is 4.44. The molecule has 0 aromatic heterocycles. The van der Waals surface area contributed by atoms with Gasteiger partial charge in [0.1, 0.15) is 12.4 Å². The number of hydrogen-bond donors (Lipinski definition) is 1. The molecular weight excluding hydrogens is 340 g/mol. The fourth-order valence-electron chi connectivity index (χ4n) is 2.86. The maximum atomic E-state index is 12.2. The monoisotopic (exact) mass is 361 g/mol. The van der Waals surface area contributed by atoms with Crippen molar-refractivity contribution in [1.29, 1.82) is 0 Å². The summed E-state index contributed by atoms with van der Waals surface area (Å²) in [5, 5.41) is 2.37. The first kappa shape index (κ1) is 18.2. The molecule has 0 saturated heterocycles. The minimum atomic E-state index is -3.16. The highest BCUT2D eigenvalue weighted by molar-refractivity contribution is 5.85. The minimum absolute atomic E-state index is 0.217. The zero-order valence-electron chi connectivity index (χ0n) is 14.7. The number of amides is 1. The highest BCUT2D eigenvalue weighted by Gasteiger charge is 2.24. The summed E-state index contributed by atoms with van der Waals surface area (Å²) in [6.07, 6.45) is 1.08. The number of ether oxygens (including phenoxy) is 2. The van der Waals surface area contributed by atoms with Gasteiger partial charge >= 0.3 is 12.7 Å². The van der Waals surface area contributed by atoms with Gasteiger partial charge in [-0.05, 0) is 55.9 Å². The number of alkyl halides is 2. The summed E-state index contributed by atoms with van der Waals surface area (Å²) in [6, 6.07) is 11.4. The summed E-state index contributed by atoms with van der Waals surface area (Å²) in [5.74, 6) is 1.27. The van der Waals surface area contributed by atoms with Crippen molar-refractivity contribution < 1.29 is 23.0 Å². The number of hydrogen-bond acceptors (Lipinski definition) is 3. The van der Waals surface area contributed by atoms with E-state index in [1.54, 1.807) is 6.07 Å². The quantitative estimate of drug-likeness (QED) is 0.736. The van der Waals surface area contributed by atoms with Crippen LogP contribution < -0.4 is 10.1 Å². The molecule has 3 rings (SSSR count). The Hall–Kier alpha value is -2.63. The largest absolute Gasteiger partial charge is 0.489 e. The van der Waals surface area contributed by atoms with Crippen LogP contribution in [0.4, 0.5) is 19.3 Å². The molecule has 0 bridgehead atoms. The Morgan fingerprint density at radius 3 is 2.62 bits per heavy atom. The number of carbonyl (C=O) groups excluding carboxylic acids is 1. The van der Waals surface area contributed by atoms with Crippen LogP contribution in [0.3, 0.4) is 0 Å². The molecule has 1 aliphatic carbocycles. The molecule has 0 atom stereocenters. The zero-order chi connectivity index (χ0) is 18.7. The van der Waals surface area contributed by atoms with E-state index in [-0.39, 0.29) is 6.61 Å². The molecule has 1 N–H and O–H groups in total. The van der Waals surface area contributed by atoms with E-state index in [4.69, 9.17) is 4.74 Å². The Morgan fingerprint density at radius 2 is 1.96 bits per heavy atom. The second-order valence-corrected chi connectivity index (χ2v) is 6.54. The average Bonchev–Trinajstić information content (AvgIpc) is 3.39. The number of nitrogens with one attached hydrogen (secondary N) is 1. The molecule has 0 unspecified atom stereocenters. The molecule has 138 valence electrons. The Labute approximate surface area is 151 Å². The summed E-state index contributed by atoms with van der Waals surface area (Å²) in [7, 11) is 0. The predicted octanol–water partition coefficient (Wildman–Crippen LogP) is 5.53. The van der Waals surface area contributed by atoms with Crippen LogP contribution in [0.15, 0.2) is 36.4 Å². The van der Waals surface area contributed by atoms with E-state index in [0.717, 1.165) is 40.8 Å². The lowest BCUT2D eigenvalue weighted by Crippen LogP contribution is -2.18. The van der Waals surface area contributed by atoms with E-state index in [9.17, 15) is 13.6 Å². The third-order valence-electron chi connectivity index (χ3n) is 4.32. The lowest BCUT2D eigenvalue weighted by Gasteiger charge is -2.15. The molecule has 1 amide bonds. The van der Waals surface area contributed by atoms with Crippen molar-refractivity contribution in [3.63, 3.8) is 0 Å². The fourth-order valence-corrected chi connectivity index (χ4v) is 2.86. The molecule has 4 nitrogen and oxygen atoms in total. The van der Waals surface area contributed by atoms with Gasteiger partial charge in [0.25, 0.3) is 0 Å². The van der Waals surface area contributed by atoms with Crippen molar-refractivity contribution in [2.75, 3.05) is 5.32 Å². The number of halogens is 2. The molecule has 2 aromatic rings. The molecular formula is C20H21F2NO3. The number of rotatable bonds is 6. The number of aryl methyl sites for hydroxylation is 2. The van der Waals surface area contributed by atoms with Crippen molar-refractivity contribution >= 4 is 11.8 Å². The second kappa shape index (κ2) is 7.72. The van der Waals surface area contributed by atoms with E-state index >= 15 is 0 Å². The van der Waals surface area contributed by atoms with Crippen LogP contribution in [0.5, 0.6) is 5.75 Å². The van der Waals surface area contributed by atoms with Crippen molar-refractivity contribution in [1.82, 2.24) is 0 Å². The lowest BCUT2D eigenvalue weighted by atomic mass is 10.1. The predicted molar refractivity (Wildman–Crippen MR) is 94.8 cm³/mol. The van der Waals surface area contributed by atoms with Gasteiger partial charge in [0.2, 0.25) is 0 Å². The lowest BCUT2D eigenvalue weighted by molar-refractivity contribution is -0.0766. The topological polar surface area (TPSA) is 47.6 Å². The van der Waals surface area contributed by atoms with Gasteiger partial charge in [-0.25, -0.2) is 4.79 Å². The van der Waals surface area contributed by atoms with Gasteiger partial charge in [-0.2, -0.15) is 8.78 Å². The van der Waals surface area contributed by atoms with Gasteiger partial charge in [-0.15, -0.1) is 0 Å². The fraction of sp³-hybridized carbons (Fsp3) is 0.350. The smallest absolute Gasteiger partial charge is 0.416 e. The first-order chi connectivity index (χ1) is 12.4. The van der Waals surface area contributed by atoms with E-state index in [1.807, 2.05) is 44.2 Å². The highest BCUT2D eigenvalue weighted by atomic mass is 19.3. The van der Waals surface area contributed by atoms with Crippen LogP contribution in [0.1, 0.15) is 41.0 Å². The molecule has 0 spiro atoms. The summed E-state index contributed by atoms with van der Waals surface area (Å²) in [6.45, 7) is 1.03. The van der Waals surface area contributed by atoms with E-state index in [1.165, 1.54) is 0 Å².